The molecule has 2 rings (SSSR count). The molecule has 0 aromatic heterocycles. The highest BCUT2D eigenvalue weighted by atomic mass is 16.4. The van der Waals surface area contributed by atoms with Gasteiger partial charge in [-0.1, -0.05) is 0 Å². The van der Waals surface area contributed by atoms with E-state index in [0.29, 0.717) is 13.0 Å². The maximum Gasteiger partial charge on any atom is 0.303 e. The van der Waals surface area contributed by atoms with E-state index in [1.54, 1.807) is 0 Å². The summed E-state index contributed by atoms with van der Waals surface area (Å²) >= 11 is 0. The largest absolute Gasteiger partial charge is 0.481 e. The Balaban J connectivity index is 1.87. The molecule has 2 saturated heterocycles. The van der Waals surface area contributed by atoms with Crippen molar-refractivity contribution >= 4 is 17.8 Å². The van der Waals surface area contributed by atoms with Crippen LogP contribution in [0.25, 0.3) is 0 Å². The summed E-state index contributed by atoms with van der Waals surface area (Å²) in [5, 5.41) is 11.5. The van der Waals surface area contributed by atoms with Gasteiger partial charge in [0.25, 0.3) is 0 Å². The van der Waals surface area contributed by atoms with Crippen LogP contribution in [0.4, 0.5) is 0 Å². The molecule has 0 spiro atoms. The van der Waals surface area contributed by atoms with Crippen LogP contribution in [0.2, 0.25) is 0 Å². The molecule has 20 heavy (non-hydrogen) atoms. The zero-order valence-electron chi connectivity index (χ0n) is 11.8. The maximum absolute atomic E-state index is 12.2. The Morgan fingerprint density at radius 1 is 1.20 bits per heavy atom. The smallest absolute Gasteiger partial charge is 0.303 e. The molecule has 2 bridgehead atoms. The number of piperidine rings is 1. The number of nitrogens with one attached hydrogen (secondary N) is 1. The quantitative estimate of drug-likeness (QED) is 0.779. The van der Waals surface area contributed by atoms with Crippen molar-refractivity contribution in [1.82, 2.24) is 10.2 Å². The molecule has 2 unspecified atom stereocenters. The van der Waals surface area contributed by atoms with Gasteiger partial charge >= 0.3 is 5.97 Å². The molecule has 2 N–H and O–H groups in total. The van der Waals surface area contributed by atoms with Crippen LogP contribution in [0.1, 0.15) is 45.4 Å². The molecule has 2 aliphatic heterocycles. The van der Waals surface area contributed by atoms with Gasteiger partial charge in [-0.15, -0.1) is 0 Å². The number of carbonyl (C=O) groups excluding carboxylic acids is 2. The summed E-state index contributed by atoms with van der Waals surface area (Å²) < 4.78 is 0. The molecule has 2 heterocycles. The minimum absolute atomic E-state index is 0.0834. The molecular weight excluding hydrogens is 260 g/mol. The lowest BCUT2D eigenvalue weighted by atomic mass is 9.88. The second-order valence-corrected chi connectivity index (χ2v) is 5.85. The number of aliphatic carboxylic acids is 1. The third kappa shape index (κ3) is 3.49. The van der Waals surface area contributed by atoms with E-state index in [1.165, 1.54) is 6.92 Å². The van der Waals surface area contributed by atoms with E-state index in [1.807, 2.05) is 4.90 Å². The van der Waals surface area contributed by atoms with Crippen molar-refractivity contribution in [2.24, 2.45) is 5.92 Å². The van der Waals surface area contributed by atoms with Gasteiger partial charge in [-0.05, 0) is 31.6 Å². The summed E-state index contributed by atoms with van der Waals surface area (Å²) in [5.74, 6) is -0.592. The fourth-order valence-electron chi connectivity index (χ4n) is 3.59. The first-order chi connectivity index (χ1) is 9.47. The van der Waals surface area contributed by atoms with Gasteiger partial charge in [0.05, 0.1) is 0 Å². The fraction of sp³-hybridized carbons (Fsp3) is 0.786. The average Bonchev–Trinajstić information content (AvgIpc) is 2.60. The topological polar surface area (TPSA) is 86.7 Å². The third-order valence-electron chi connectivity index (χ3n) is 4.29. The Morgan fingerprint density at radius 2 is 1.80 bits per heavy atom. The third-order valence-corrected chi connectivity index (χ3v) is 4.29. The summed E-state index contributed by atoms with van der Waals surface area (Å²) in [5.41, 5.74) is 0. The monoisotopic (exact) mass is 282 g/mol. The van der Waals surface area contributed by atoms with Crippen molar-refractivity contribution in [3.8, 4) is 0 Å². The second-order valence-electron chi connectivity index (χ2n) is 5.85. The van der Waals surface area contributed by atoms with E-state index >= 15 is 0 Å². The Labute approximate surface area is 118 Å². The number of hydrogen-bond acceptors (Lipinski definition) is 3. The normalized spacial score (nSPS) is 28.2. The number of carboxylic acids is 1. The van der Waals surface area contributed by atoms with Gasteiger partial charge in [-0.2, -0.15) is 0 Å². The molecule has 2 atom stereocenters. The predicted octanol–water partition coefficient (Wildman–Crippen LogP) is 0.757. The second kappa shape index (κ2) is 6.24. The molecule has 0 aromatic carbocycles. The van der Waals surface area contributed by atoms with E-state index < -0.39 is 5.97 Å². The average molecular weight is 282 g/mol. The van der Waals surface area contributed by atoms with Crippen molar-refractivity contribution in [2.75, 3.05) is 6.54 Å². The van der Waals surface area contributed by atoms with Crippen LogP contribution < -0.4 is 5.32 Å². The van der Waals surface area contributed by atoms with Gasteiger partial charge in [0, 0.05) is 38.4 Å². The lowest BCUT2D eigenvalue weighted by molar-refractivity contribution is -0.140. The number of nitrogens with zero attached hydrogens (tertiary/aromatic N) is 1. The summed E-state index contributed by atoms with van der Waals surface area (Å²) in [4.78, 5) is 35.8. The first-order valence-corrected chi connectivity index (χ1v) is 7.24. The van der Waals surface area contributed by atoms with Crippen molar-refractivity contribution < 1.29 is 19.5 Å². The maximum atomic E-state index is 12.2. The molecule has 6 heteroatoms. The standard InChI is InChI=1S/C14H22N2O4/c1-9(17)15-5-4-13(18)16-11-2-3-12(16)7-10(6-11)8-14(19)20/h10-12H,2-8H2,1H3,(H,15,17)(H,19,20). The highest BCUT2D eigenvalue weighted by Crippen LogP contribution is 2.40. The molecule has 6 nitrogen and oxygen atoms in total. The summed E-state index contributed by atoms with van der Waals surface area (Å²) in [6, 6.07) is 0.394. The summed E-state index contributed by atoms with van der Waals surface area (Å²) in [7, 11) is 0. The van der Waals surface area contributed by atoms with Crippen LogP contribution in [0.3, 0.4) is 0 Å². The van der Waals surface area contributed by atoms with E-state index in [4.69, 9.17) is 5.11 Å². The minimum Gasteiger partial charge on any atom is -0.481 e. The van der Waals surface area contributed by atoms with Crippen LogP contribution in [-0.4, -0.2) is 46.4 Å². The SMILES string of the molecule is CC(=O)NCCC(=O)N1C2CCC1CC(CC(=O)O)C2. The van der Waals surface area contributed by atoms with Crippen LogP contribution >= 0.6 is 0 Å². The van der Waals surface area contributed by atoms with Crippen LogP contribution in [-0.2, 0) is 14.4 Å². The molecule has 2 amide bonds. The van der Waals surface area contributed by atoms with Crippen LogP contribution in [0.15, 0.2) is 0 Å². The summed E-state index contributed by atoms with van der Waals surface area (Å²) in [6.07, 6.45) is 4.10. The number of carboxylic acid groups (broad SMARTS) is 1. The number of carbonyl (C=O) groups is 3. The van der Waals surface area contributed by atoms with Gasteiger partial charge in [0.1, 0.15) is 0 Å². The fourth-order valence-corrected chi connectivity index (χ4v) is 3.59. The van der Waals surface area contributed by atoms with E-state index in [0.717, 1.165) is 25.7 Å². The Morgan fingerprint density at radius 3 is 2.30 bits per heavy atom. The number of fused-ring (bicyclic) bond motifs is 2. The number of hydrogen-bond donors (Lipinski definition) is 2. The molecule has 0 radical (unpaired) electrons. The lowest BCUT2D eigenvalue weighted by Crippen LogP contribution is -2.47. The first-order valence-electron chi connectivity index (χ1n) is 7.24. The molecule has 0 saturated carbocycles. The molecule has 0 aromatic rings. The van der Waals surface area contributed by atoms with E-state index in [-0.39, 0.29) is 36.2 Å². The van der Waals surface area contributed by atoms with Crippen LogP contribution in [0.5, 0.6) is 0 Å². The number of rotatable bonds is 5. The van der Waals surface area contributed by atoms with Crippen molar-refractivity contribution in [1.29, 1.82) is 0 Å². The molecule has 112 valence electrons. The van der Waals surface area contributed by atoms with E-state index in [2.05, 4.69) is 5.32 Å². The highest BCUT2D eigenvalue weighted by molar-refractivity contribution is 5.79. The molecular formula is C14H22N2O4. The Bertz CT molecular complexity index is 396. The van der Waals surface area contributed by atoms with Gasteiger partial charge in [0.2, 0.25) is 11.8 Å². The van der Waals surface area contributed by atoms with Gasteiger partial charge in [-0.25, -0.2) is 0 Å². The molecule has 0 aliphatic carbocycles. The summed E-state index contributed by atoms with van der Waals surface area (Å²) in [6.45, 7) is 1.81. The zero-order chi connectivity index (χ0) is 14.7. The van der Waals surface area contributed by atoms with Gasteiger partial charge in [0.15, 0.2) is 0 Å². The predicted molar refractivity (Wildman–Crippen MR) is 71.9 cm³/mol. The Kier molecular flexibility index (Phi) is 4.62. The Hall–Kier alpha value is -1.59. The van der Waals surface area contributed by atoms with Gasteiger partial charge < -0.3 is 15.3 Å². The molecule has 2 aliphatic rings. The highest BCUT2D eigenvalue weighted by Gasteiger charge is 2.43. The van der Waals surface area contributed by atoms with E-state index in [9.17, 15) is 14.4 Å². The first kappa shape index (κ1) is 14.8. The zero-order valence-corrected chi connectivity index (χ0v) is 11.8. The number of amides is 2. The van der Waals surface area contributed by atoms with Crippen molar-refractivity contribution in [2.45, 2.75) is 57.5 Å². The van der Waals surface area contributed by atoms with Crippen molar-refractivity contribution in [3.63, 3.8) is 0 Å². The van der Waals surface area contributed by atoms with Crippen LogP contribution in [0, 0.1) is 5.92 Å². The van der Waals surface area contributed by atoms with Gasteiger partial charge in [-0.3, -0.25) is 14.4 Å². The molecule has 2 fully saturated rings. The lowest BCUT2D eigenvalue weighted by Gasteiger charge is -2.38. The minimum atomic E-state index is -0.750. The van der Waals surface area contributed by atoms with Crippen molar-refractivity contribution in [3.05, 3.63) is 0 Å².